The molecular weight excluding hydrogens is 559 g/mol. The van der Waals surface area contributed by atoms with Gasteiger partial charge >= 0.3 is 6.18 Å². The van der Waals surface area contributed by atoms with E-state index in [9.17, 15) is 27.6 Å². The van der Waals surface area contributed by atoms with Gasteiger partial charge in [0.15, 0.2) is 0 Å². The molecule has 2 aliphatic heterocycles. The molecule has 0 aliphatic carbocycles. The predicted octanol–water partition coefficient (Wildman–Crippen LogP) is 5.09. The summed E-state index contributed by atoms with van der Waals surface area (Å²) in [6, 6.07) is 19.2. The highest BCUT2D eigenvalue weighted by Gasteiger charge is 2.45. The number of para-hydroxylation sites is 2. The maximum absolute atomic E-state index is 14.3. The number of rotatable bonds is 6. The van der Waals surface area contributed by atoms with Gasteiger partial charge in [0.2, 0.25) is 0 Å². The van der Waals surface area contributed by atoms with Crippen molar-refractivity contribution in [1.82, 2.24) is 15.1 Å². The van der Waals surface area contributed by atoms with Crippen LogP contribution in [-0.2, 0) is 15.8 Å². The molecule has 0 bridgehead atoms. The van der Waals surface area contributed by atoms with Gasteiger partial charge in [0.05, 0.1) is 17.4 Å². The van der Waals surface area contributed by atoms with Gasteiger partial charge in [-0.2, -0.15) is 18.3 Å². The van der Waals surface area contributed by atoms with Crippen LogP contribution in [0.4, 0.5) is 24.7 Å². The second kappa shape index (κ2) is 10.9. The highest BCUT2D eigenvalue weighted by molar-refractivity contribution is 6.07. The van der Waals surface area contributed by atoms with Crippen molar-refractivity contribution in [2.45, 2.75) is 25.1 Å². The third-order valence-corrected chi connectivity index (χ3v) is 7.66. The molecule has 0 fully saturated rings. The van der Waals surface area contributed by atoms with E-state index in [1.807, 2.05) is 30.3 Å². The molecule has 8 nitrogen and oxygen atoms in total. The first-order valence-corrected chi connectivity index (χ1v) is 13.7. The number of aromatic nitrogens is 2. The molecule has 1 aromatic heterocycles. The Morgan fingerprint density at radius 2 is 1.72 bits per heavy atom. The minimum atomic E-state index is -4.64. The van der Waals surface area contributed by atoms with E-state index in [0.717, 1.165) is 18.2 Å². The number of nitrogens with one attached hydrogen (secondary N) is 1. The molecule has 0 unspecified atom stereocenters. The number of carbonyl (C=O) groups is 3. The Morgan fingerprint density at radius 3 is 2.42 bits per heavy atom. The average molecular weight is 586 g/mol. The van der Waals surface area contributed by atoms with E-state index < -0.39 is 35.5 Å². The lowest BCUT2D eigenvalue weighted by atomic mass is 9.81. The van der Waals surface area contributed by atoms with E-state index in [1.165, 1.54) is 17.0 Å². The number of nitrogens with zero attached hydrogens (tertiary/aromatic N) is 4. The van der Waals surface area contributed by atoms with Gasteiger partial charge in [-0.25, -0.2) is 4.68 Å². The van der Waals surface area contributed by atoms with Gasteiger partial charge in [0.1, 0.15) is 11.9 Å². The van der Waals surface area contributed by atoms with Crippen LogP contribution >= 0.6 is 0 Å². The van der Waals surface area contributed by atoms with Crippen molar-refractivity contribution in [3.63, 3.8) is 0 Å². The number of amides is 3. The molecule has 43 heavy (non-hydrogen) atoms. The Labute approximate surface area is 245 Å². The fraction of sp³-hybridized carbons (Fsp3) is 0.188. The minimum absolute atomic E-state index is 0.227. The van der Waals surface area contributed by atoms with Gasteiger partial charge in [-0.05, 0) is 48.9 Å². The van der Waals surface area contributed by atoms with Crippen molar-refractivity contribution in [3.05, 3.63) is 119 Å². The van der Waals surface area contributed by atoms with Crippen LogP contribution in [0.3, 0.4) is 0 Å². The van der Waals surface area contributed by atoms with Gasteiger partial charge in [-0.3, -0.25) is 19.3 Å². The van der Waals surface area contributed by atoms with Crippen LogP contribution in [0.2, 0.25) is 0 Å². The molecule has 0 saturated heterocycles. The molecule has 0 radical (unpaired) electrons. The Hall–Kier alpha value is -5.19. The number of hydrogen-bond donors (Lipinski definition) is 1. The normalized spacial score (nSPS) is 18.2. The molecule has 3 amide bonds. The van der Waals surface area contributed by atoms with Crippen molar-refractivity contribution >= 4 is 29.2 Å². The fourth-order valence-corrected chi connectivity index (χ4v) is 5.71. The summed E-state index contributed by atoms with van der Waals surface area (Å²) < 4.78 is 41.9. The summed E-state index contributed by atoms with van der Waals surface area (Å²) in [5.41, 5.74) is 1.27. The first-order valence-electron chi connectivity index (χ1n) is 13.7. The lowest BCUT2D eigenvalue weighted by Gasteiger charge is -2.39. The summed E-state index contributed by atoms with van der Waals surface area (Å²) >= 11 is 0. The molecule has 2 atom stereocenters. The van der Waals surface area contributed by atoms with Crippen molar-refractivity contribution in [1.29, 1.82) is 0 Å². The van der Waals surface area contributed by atoms with E-state index >= 15 is 0 Å². The summed E-state index contributed by atoms with van der Waals surface area (Å²) in [7, 11) is 0. The van der Waals surface area contributed by atoms with Crippen LogP contribution in [0.1, 0.15) is 39.9 Å². The molecule has 4 aromatic rings. The van der Waals surface area contributed by atoms with E-state index in [2.05, 4.69) is 10.4 Å². The maximum atomic E-state index is 14.3. The Balaban J connectivity index is 1.51. The summed E-state index contributed by atoms with van der Waals surface area (Å²) in [5, 5.41) is 7.36. The largest absolute Gasteiger partial charge is 0.416 e. The topological polar surface area (TPSA) is 87.5 Å². The smallest absolute Gasteiger partial charge is 0.339 e. The van der Waals surface area contributed by atoms with Crippen molar-refractivity contribution in [2.24, 2.45) is 0 Å². The van der Waals surface area contributed by atoms with Crippen molar-refractivity contribution < 1.29 is 27.6 Å². The monoisotopic (exact) mass is 585 g/mol. The van der Waals surface area contributed by atoms with Crippen molar-refractivity contribution in [2.75, 3.05) is 22.9 Å². The predicted molar refractivity (Wildman–Crippen MR) is 154 cm³/mol. The van der Waals surface area contributed by atoms with Crippen LogP contribution in [0.5, 0.6) is 0 Å². The molecule has 3 aromatic carbocycles. The van der Waals surface area contributed by atoms with Crippen molar-refractivity contribution in [3.8, 4) is 5.69 Å². The quantitative estimate of drug-likeness (QED) is 0.342. The lowest BCUT2D eigenvalue weighted by molar-refractivity contribution is -0.137. The molecule has 6 rings (SSSR count). The summed E-state index contributed by atoms with van der Waals surface area (Å²) in [6.07, 6.45) is 0.185. The zero-order valence-electron chi connectivity index (χ0n) is 23.0. The highest BCUT2D eigenvalue weighted by atomic mass is 19.4. The molecule has 0 spiro atoms. The summed E-state index contributed by atoms with van der Waals surface area (Å²) in [4.78, 5) is 43.6. The first-order chi connectivity index (χ1) is 20.7. The molecular formula is C32H26F3N5O3. The molecule has 1 N–H and O–H groups in total. The standard InChI is InChI=1S/C32H26F3N5O3/c1-2-38-30-24(19-36-40(30)22-12-4-3-5-13-22)27(23-14-6-7-15-25(23)39-17-9-16-26(39)41)28(31(38)43)37-29(42)20-10-8-11-21(18-20)32(33,34)35/h3-16,18-19,27-28H,2,17H2,1H3,(H,37,42)/t27-,28-/m0/s1. The van der Waals surface area contributed by atoms with Crippen LogP contribution in [0.25, 0.3) is 5.69 Å². The lowest BCUT2D eigenvalue weighted by Crippen LogP contribution is -2.55. The number of anilines is 2. The first kappa shape index (κ1) is 28.0. The van der Waals surface area contributed by atoms with E-state index in [0.29, 0.717) is 34.9 Å². The van der Waals surface area contributed by atoms with E-state index in [-0.39, 0.29) is 18.0 Å². The molecule has 11 heteroatoms. The van der Waals surface area contributed by atoms with Gasteiger partial charge in [-0.15, -0.1) is 0 Å². The van der Waals surface area contributed by atoms with Gasteiger partial charge in [0, 0.05) is 41.9 Å². The third kappa shape index (κ3) is 4.96. The summed E-state index contributed by atoms with van der Waals surface area (Å²) in [5.74, 6) is -1.83. The molecule has 3 heterocycles. The number of hydrogen-bond acceptors (Lipinski definition) is 4. The van der Waals surface area contributed by atoms with Gasteiger partial charge < -0.3 is 10.2 Å². The molecule has 0 saturated carbocycles. The number of likely N-dealkylation sites (N-methyl/N-ethyl adjacent to an activating group) is 1. The average Bonchev–Trinajstić information content (AvgIpc) is 3.64. The van der Waals surface area contributed by atoms with E-state index in [4.69, 9.17) is 0 Å². The second-order valence-corrected chi connectivity index (χ2v) is 10.2. The minimum Gasteiger partial charge on any atom is -0.339 e. The van der Waals surface area contributed by atoms with Crippen LogP contribution in [-0.4, -0.2) is 46.6 Å². The fourth-order valence-electron chi connectivity index (χ4n) is 5.71. The second-order valence-electron chi connectivity index (χ2n) is 10.2. The van der Waals surface area contributed by atoms with E-state index in [1.54, 1.807) is 53.0 Å². The number of carbonyl (C=O) groups excluding carboxylic acids is 3. The number of fused-ring (bicyclic) bond motifs is 1. The maximum Gasteiger partial charge on any atom is 0.416 e. The number of halogens is 3. The van der Waals surface area contributed by atoms with Crippen LogP contribution in [0.15, 0.2) is 97.2 Å². The SMILES string of the molecule is CCN1C(=O)[C@@H](NC(=O)c2cccc(C(F)(F)F)c2)[C@@H](c2ccccc2N2CC=CC2=O)c2cnn(-c3ccccc3)c21. The van der Waals surface area contributed by atoms with Crippen LogP contribution in [0, 0.1) is 0 Å². The Morgan fingerprint density at radius 1 is 0.977 bits per heavy atom. The highest BCUT2D eigenvalue weighted by Crippen LogP contribution is 2.44. The molecule has 2 aliphatic rings. The van der Waals surface area contributed by atoms with Gasteiger partial charge in [-0.1, -0.05) is 48.5 Å². The zero-order chi connectivity index (χ0) is 30.3. The van der Waals surface area contributed by atoms with Gasteiger partial charge in [0.25, 0.3) is 17.7 Å². The third-order valence-electron chi connectivity index (χ3n) is 7.66. The summed E-state index contributed by atoms with van der Waals surface area (Å²) in [6.45, 7) is 2.36. The number of benzene rings is 3. The number of alkyl halides is 3. The zero-order valence-corrected chi connectivity index (χ0v) is 23.0. The van der Waals surface area contributed by atoms with Crippen LogP contribution < -0.4 is 15.1 Å². The Bertz CT molecular complexity index is 1750. The molecule has 218 valence electrons. The Kier molecular flexibility index (Phi) is 7.09.